The van der Waals surface area contributed by atoms with Gasteiger partial charge in [-0.15, -0.1) is 5.10 Å². The topological polar surface area (TPSA) is 90.1 Å². The normalized spacial score (nSPS) is 19.7. The Bertz CT molecular complexity index is 469. The fourth-order valence-electron chi connectivity index (χ4n) is 2.07. The van der Waals surface area contributed by atoms with E-state index in [-0.39, 0.29) is 0 Å². The largest absolute Gasteiger partial charge is 0.480 e. The lowest BCUT2D eigenvalue weighted by molar-refractivity contribution is -0.139. The molecule has 2 heterocycles. The highest BCUT2D eigenvalue weighted by molar-refractivity contribution is 5.78. The van der Waals surface area contributed by atoms with Crippen molar-refractivity contribution >= 4 is 11.8 Å². The van der Waals surface area contributed by atoms with Crippen LogP contribution in [-0.4, -0.2) is 33.9 Å². The van der Waals surface area contributed by atoms with Gasteiger partial charge in [0.05, 0.1) is 11.8 Å². The predicted octanol–water partition coefficient (Wildman–Crippen LogP) is 0.792. The molecular weight excluding hydrogens is 220 g/mol. The molecule has 1 unspecified atom stereocenters. The number of nitrogens with zero attached hydrogens (tertiary/aromatic N) is 4. The number of nitriles is 1. The Kier molecular flexibility index (Phi) is 3.19. The van der Waals surface area contributed by atoms with Gasteiger partial charge in [0.15, 0.2) is 5.82 Å². The van der Waals surface area contributed by atoms with Gasteiger partial charge in [0, 0.05) is 6.54 Å². The molecule has 1 aromatic heterocycles. The maximum absolute atomic E-state index is 11.2. The zero-order valence-electron chi connectivity index (χ0n) is 9.20. The van der Waals surface area contributed by atoms with E-state index in [2.05, 4.69) is 10.2 Å². The monoisotopic (exact) mass is 232 g/mol. The van der Waals surface area contributed by atoms with Crippen molar-refractivity contribution in [1.82, 2.24) is 10.2 Å². The van der Waals surface area contributed by atoms with Crippen LogP contribution in [0.25, 0.3) is 0 Å². The fraction of sp³-hybridized carbons (Fsp3) is 0.455. The number of anilines is 1. The van der Waals surface area contributed by atoms with Crippen molar-refractivity contribution < 1.29 is 9.90 Å². The minimum Gasteiger partial charge on any atom is -0.480 e. The van der Waals surface area contributed by atoms with Crippen LogP contribution in [-0.2, 0) is 4.79 Å². The summed E-state index contributed by atoms with van der Waals surface area (Å²) in [5.74, 6) is -0.499. The lowest BCUT2D eigenvalue weighted by Crippen LogP contribution is -2.45. The lowest BCUT2D eigenvalue weighted by atomic mass is 10.0. The summed E-state index contributed by atoms with van der Waals surface area (Å²) in [6, 6.07) is 2.96. The third kappa shape index (κ3) is 2.18. The maximum Gasteiger partial charge on any atom is 0.326 e. The van der Waals surface area contributed by atoms with Crippen LogP contribution < -0.4 is 4.90 Å². The van der Waals surface area contributed by atoms with Crippen molar-refractivity contribution in [3.05, 3.63) is 17.8 Å². The van der Waals surface area contributed by atoms with Gasteiger partial charge in [0.1, 0.15) is 12.1 Å². The second kappa shape index (κ2) is 4.78. The third-order valence-electron chi connectivity index (χ3n) is 2.88. The second-order valence-electron chi connectivity index (χ2n) is 3.92. The van der Waals surface area contributed by atoms with Gasteiger partial charge in [0.2, 0.25) is 0 Å². The number of piperidine rings is 1. The molecule has 2 rings (SSSR count). The molecule has 1 atom stereocenters. The maximum atomic E-state index is 11.2. The molecule has 0 bridgehead atoms. The third-order valence-corrected chi connectivity index (χ3v) is 2.88. The standard InChI is InChI=1S/C11H12N4O2/c12-7-8-4-5-13-14-10(8)15-6-2-1-3-9(15)11(16)17/h4-5,9H,1-3,6H2,(H,16,17). The lowest BCUT2D eigenvalue weighted by Gasteiger charge is -2.33. The molecule has 1 aliphatic heterocycles. The van der Waals surface area contributed by atoms with E-state index < -0.39 is 12.0 Å². The van der Waals surface area contributed by atoms with E-state index in [1.54, 1.807) is 11.0 Å². The van der Waals surface area contributed by atoms with Crippen LogP contribution in [0, 0.1) is 11.3 Å². The van der Waals surface area contributed by atoms with E-state index in [9.17, 15) is 4.79 Å². The molecule has 0 aromatic carbocycles. The van der Waals surface area contributed by atoms with Crippen molar-refractivity contribution in [1.29, 1.82) is 5.26 Å². The van der Waals surface area contributed by atoms with Crippen LogP contribution in [0.5, 0.6) is 0 Å². The summed E-state index contributed by atoms with van der Waals surface area (Å²) in [4.78, 5) is 12.8. The Morgan fingerprint density at radius 2 is 2.41 bits per heavy atom. The molecule has 6 heteroatoms. The Morgan fingerprint density at radius 3 is 3.12 bits per heavy atom. The average molecular weight is 232 g/mol. The molecule has 6 nitrogen and oxygen atoms in total. The first kappa shape index (κ1) is 11.3. The fourth-order valence-corrected chi connectivity index (χ4v) is 2.07. The van der Waals surface area contributed by atoms with E-state index in [1.807, 2.05) is 6.07 Å². The SMILES string of the molecule is N#Cc1ccnnc1N1CCCCC1C(=O)O. The Balaban J connectivity index is 2.36. The minimum atomic E-state index is -0.876. The molecule has 0 spiro atoms. The molecule has 1 fully saturated rings. The number of rotatable bonds is 2. The van der Waals surface area contributed by atoms with Gasteiger partial charge in [-0.2, -0.15) is 10.4 Å². The van der Waals surface area contributed by atoms with Gasteiger partial charge in [-0.25, -0.2) is 4.79 Å². The van der Waals surface area contributed by atoms with E-state index in [1.165, 1.54) is 6.20 Å². The first-order valence-corrected chi connectivity index (χ1v) is 5.45. The number of carbonyl (C=O) groups is 1. The highest BCUT2D eigenvalue weighted by Crippen LogP contribution is 2.25. The van der Waals surface area contributed by atoms with E-state index in [4.69, 9.17) is 10.4 Å². The summed E-state index contributed by atoms with van der Waals surface area (Å²) in [5, 5.41) is 25.8. The highest BCUT2D eigenvalue weighted by atomic mass is 16.4. The van der Waals surface area contributed by atoms with Crippen molar-refractivity contribution in [2.75, 3.05) is 11.4 Å². The average Bonchev–Trinajstić information content (AvgIpc) is 2.38. The highest BCUT2D eigenvalue weighted by Gasteiger charge is 2.30. The number of aliphatic carboxylic acids is 1. The summed E-state index contributed by atoms with van der Waals surface area (Å²) in [7, 11) is 0. The zero-order chi connectivity index (χ0) is 12.3. The van der Waals surface area contributed by atoms with Crippen LogP contribution in [0.1, 0.15) is 24.8 Å². The van der Waals surface area contributed by atoms with Gasteiger partial charge in [-0.1, -0.05) is 0 Å². The molecule has 1 aromatic rings. The van der Waals surface area contributed by atoms with Crippen LogP contribution in [0.3, 0.4) is 0 Å². The smallest absolute Gasteiger partial charge is 0.326 e. The summed E-state index contributed by atoms with van der Waals surface area (Å²) >= 11 is 0. The molecule has 17 heavy (non-hydrogen) atoms. The van der Waals surface area contributed by atoms with Crippen molar-refractivity contribution in [2.45, 2.75) is 25.3 Å². The summed E-state index contributed by atoms with van der Waals surface area (Å²) < 4.78 is 0. The number of aromatic nitrogens is 2. The molecule has 88 valence electrons. The Hall–Kier alpha value is -2.16. The Morgan fingerprint density at radius 1 is 1.59 bits per heavy atom. The summed E-state index contributed by atoms with van der Waals surface area (Å²) in [5.41, 5.74) is 0.369. The molecule has 0 aliphatic carbocycles. The predicted molar refractivity (Wildman–Crippen MR) is 59.4 cm³/mol. The Labute approximate surface area is 98.5 Å². The van der Waals surface area contributed by atoms with Gasteiger partial charge in [0.25, 0.3) is 0 Å². The van der Waals surface area contributed by atoms with Gasteiger partial charge >= 0.3 is 5.97 Å². The quantitative estimate of drug-likeness (QED) is 0.810. The number of hydrogen-bond acceptors (Lipinski definition) is 5. The minimum absolute atomic E-state index is 0.369. The van der Waals surface area contributed by atoms with E-state index in [0.29, 0.717) is 24.3 Å². The first-order valence-electron chi connectivity index (χ1n) is 5.45. The van der Waals surface area contributed by atoms with Crippen molar-refractivity contribution in [3.8, 4) is 6.07 Å². The summed E-state index contributed by atoms with van der Waals surface area (Å²) in [6.07, 6.45) is 3.80. The van der Waals surface area contributed by atoms with Gasteiger partial charge < -0.3 is 10.0 Å². The van der Waals surface area contributed by atoms with Crippen LogP contribution in [0.4, 0.5) is 5.82 Å². The van der Waals surface area contributed by atoms with E-state index >= 15 is 0 Å². The number of carboxylic acid groups (broad SMARTS) is 1. The zero-order valence-corrected chi connectivity index (χ0v) is 9.20. The van der Waals surface area contributed by atoms with Crippen LogP contribution in [0.15, 0.2) is 12.3 Å². The van der Waals surface area contributed by atoms with Crippen molar-refractivity contribution in [2.24, 2.45) is 0 Å². The molecule has 1 saturated heterocycles. The summed E-state index contributed by atoms with van der Waals surface area (Å²) in [6.45, 7) is 0.602. The number of hydrogen-bond donors (Lipinski definition) is 1. The van der Waals surface area contributed by atoms with Crippen LogP contribution >= 0.6 is 0 Å². The van der Waals surface area contributed by atoms with E-state index in [0.717, 1.165) is 12.8 Å². The van der Waals surface area contributed by atoms with Gasteiger partial charge in [-0.3, -0.25) is 0 Å². The molecule has 0 amide bonds. The van der Waals surface area contributed by atoms with Gasteiger partial charge in [-0.05, 0) is 25.3 Å². The molecule has 1 N–H and O–H groups in total. The van der Waals surface area contributed by atoms with Crippen molar-refractivity contribution in [3.63, 3.8) is 0 Å². The molecule has 0 saturated carbocycles. The first-order chi connectivity index (χ1) is 8.24. The molecular formula is C11H12N4O2. The van der Waals surface area contributed by atoms with Crippen LogP contribution in [0.2, 0.25) is 0 Å². The second-order valence-corrected chi connectivity index (χ2v) is 3.92. The molecule has 1 aliphatic rings. The molecule has 0 radical (unpaired) electrons. The number of carboxylic acids is 1.